The van der Waals surface area contributed by atoms with Gasteiger partial charge in [-0.1, -0.05) is 36.4 Å². The number of Topliss-reactive ketones (excluding diaryl/α,β-unsaturated/α-hetero) is 1. The molecule has 3 aliphatic carbocycles. The number of benzene rings is 2. The molecule has 2 saturated carbocycles. The molecule has 2 aromatic carbocycles. The van der Waals surface area contributed by atoms with Crippen molar-refractivity contribution in [3.8, 4) is 11.5 Å². The van der Waals surface area contributed by atoms with Crippen LogP contribution in [0.3, 0.4) is 0 Å². The Hall–Kier alpha value is -2.90. The summed E-state index contributed by atoms with van der Waals surface area (Å²) in [6.45, 7) is 2.25. The van der Waals surface area contributed by atoms with Crippen LogP contribution in [0.4, 0.5) is 0 Å². The van der Waals surface area contributed by atoms with Crippen molar-refractivity contribution in [2.75, 3.05) is 20.2 Å². The van der Waals surface area contributed by atoms with E-state index in [1.807, 2.05) is 42.5 Å². The lowest BCUT2D eigenvalue weighted by Gasteiger charge is -2.63. The molecule has 194 valence electrons. The van der Waals surface area contributed by atoms with Crippen LogP contribution in [0.1, 0.15) is 48.8 Å². The highest BCUT2D eigenvalue weighted by molar-refractivity contribution is 5.95. The molecule has 2 aliphatic heterocycles. The number of hydrogen-bond donors (Lipinski definition) is 2. The molecular weight excluding hydrogens is 468 g/mol. The van der Waals surface area contributed by atoms with Gasteiger partial charge in [-0.25, -0.2) is 0 Å². The van der Waals surface area contributed by atoms with Crippen LogP contribution in [0, 0.1) is 11.8 Å². The fourth-order valence-corrected chi connectivity index (χ4v) is 8.17. The molecule has 7 nitrogen and oxygen atoms in total. The second kappa shape index (κ2) is 8.30. The maximum Gasteiger partial charge on any atom is 0.250 e. The first-order chi connectivity index (χ1) is 18.0. The topological polar surface area (TPSA) is 88.1 Å². The molecule has 0 radical (unpaired) electrons. The molecule has 4 fully saturated rings. The molecule has 0 aromatic heterocycles. The summed E-state index contributed by atoms with van der Waals surface area (Å²) in [6.07, 6.45) is 4.06. The first-order valence-corrected chi connectivity index (χ1v) is 13.6. The molecule has 2 saturated heterocycles. The van der Waals surface area contributed by atoms with E-state index in [4.69, 9.17) is 9.47 Å². The van der Waals surface area contributed by atoms with Gasteiger partial charge >= 0.3 is 0 Å². The maximum atomic E-state index is 13.7. The van der Waals surface area contributed by atoms with Gasteiger partial charge in [0.15, 0.2) is 11.5 Å². The molecule has 0 spiro atoms. The van der Waals surface area contributed by atoms with Crippen molar-refractivity contribution in [3.63, 3.8) is 0 Å². The first kappa shape index (κ1) is 23.2. The molecule has 2 N–H and O–H groups in total. The van der Waals surface area contributed by atoms with E-state index >= 15 is 0 Å². The number of piperidine rings is 1. The summed E-state index contributed by atoms with van der Waals surface area (Å²) >= 11 is 0. The van der Waals surface area contributed by atoms with E-state index in [2.05, 4.69) is 10.2 Å². The Labute approximate surface area is 217 Å². The molecule has 2 heterocycles. The number of likely N-dealkylation sites (tertiary alicyclic amines) is 1. The largest absolute Gasteiger partial charge is 0.504 e. The zero-order valence-electron chi connectivity index (χ0n) is 21.2. The van der Waals surface area contributed by atoms with Crippen LogP contribution >= 0.6 is 0 Å². The number of amides is 1. The van der Waals surface area contributed by atoms with Crippen molar-refractivity contribution < 1.29 is 24.2 Å². The highest BCUT2D eigenvalue weighted by Crippen LogP contribution is 2.68. The van der Waals surface area contributed by atoms with Crippen LogP contribution in [0.2, 0.25) is 0 Å². The summed E-state index contributed by atoms with van der Waals surface area (Å²) in [4.78, 5) is 30.0. The van der Waals surface area contributed by atoms with E-state index < -0.39 is 23.0 Å². The van der Waals surface area contributed by atoms with Gasteiger partial charge in [-0.15, -0.1) is 0 Å². The summed E-state index contributed by atoms with van der Waals surface area (Å²) in [5.74, 6) is 0.436. The fraction of sp³-hybridized carbons (Fsp3) is 0.533. The number of carbonyl (C=O) groups is 2. The van der Waals surface area contributed by atoms with Crippen molar-refractivity contribution in [1.29, 1.82) is 0 Å². The minimum Gasteiger partial charge on any atom is -0.504 e. The molecule has 4 bridgehead atoms. The van der Waals surface area contributed by atoms with Crippen LogP contribution in [0.15, 0.2) is 42.5 Å². The minimum absolute atomic E-state index is 0.0671. The number of carbonyl (C=O) groups excluding carboxylic acids is 2. The fourth-order valence-electron chi connectivity index (χ4n) is 8.17. The molecule has 7 rings (SSSR count). The lowest BCUT2D eigenvalue weighted by Crippen LogP contribution is -2.73. The van der Waals surface area contributed by atoms with Crippen LogP contribution in [0.25, 0.3) is 0 Å². The van der Waals surface area contributed by atoms with Crippen molar-refractivity contribution in [3.05, 3.63) is 59.2 Å². The molecule has 37 heavy (non-hydrogen) atoms. The first-order valence-electron chi connectivity index (χ1n) is 13.6. The van der Waals surface area contributed by atoms with Gasteiger partial charge in [0.1, 0.15) is 11.9 Å². The third kappa shape index (κ3) is 3.20. The number of rotatable bonds is 6. The molecule has 5 aliphatic rings. The monoisotopic (exact) mass is 502 g/mol. The van der Waals surface area contributed by atoms with Crippen molar-refractivity contribution in [2.24, 2.45) is 11.8 Å². The van der Waals surface area contributed by atoms with Gasteiger partial charge in [0.2, 0.25) is 5.91 Å². The SMILES string of the molecule is COc1ccc2c(c1O)[C@]13CCN(CC4CC4)[C@H](C2)[C@]12CCC(=O)[C@H]3[C@H](C(=O)NCc1ccccc1)O2. The van der Waals surface area contributed by atoms with Crippen molar-refractivity contribution in [1.82, 2.24) is 10.2 Å². The second-order valence-electron chi connectivity index (χ2n) is 11.6. The van der Waals surface area contributed by atoms with Gasteiger partial charge in [-0.2, -0.15) is 0 Å². The summed E-state index contributed by atoms with van der Waals surface area (Å²) in [6, 6.07) is 13.7. The predicted molar refractivity (Wildman–Crippen MR) is 136 cm³/mol. The smallest absolute Gasteiger partial charge is 0.250 e. The summed E-state index contributed by atoms with van der Waals surface area (Å²) < 4.78 is 12.5. The number of aromatic hydroxyl groups is 1. The lowest BCUT2D eigenvalue weighted by atomic mass is 9.46. The van der Waals surface area contributed by atoms with Gasteiger partial charge in [-0.05, 0) is 61.8 Å². The highest BCUT2D eigenvalue weighted by atomic mass is 16.5. The molecule has 5 atom stereocenters. The number of methoxy groups -OCH3 is 1. The van der Waals surface area contributed by atoms with Crippen LogP contribution in [-0.2, 0) is 32.7 Å². The second-order valence-corrected chi connectivity index (χ2v) is 11.6. The number of ether oxygens (including phenoxy) is 2. The van der Waals surface area contributed by atoms with E-state index in [0.29, 0.717) is 31.6 Å². The minimum atomic E-state index is -0.876. The summed E-state index contributed by atoms with van der Waals surface area (Å²) in [5, 5.41) is 14.6. The van der Waals surface area contributed by atoms with Gasteiger partial charge in [-0.3, -0.25) is 14.5 Å². The van der Waals surface area contributed by atoms with Gasteiger partial charge < -0.3 is 19.9 Å². The van der Waals surface area contributed by atoms with Crippen LogP contribution < -0.4 is 10.1 Å². The number of nitrogens with zero attached hydrogens (tertiary/aromatic N) is 1. The van der Waals surface area contributed by atoms with Crippen molar-refractivity contribution in [2.45, 2.75) is 68.2 Å². The highest BCUT2D eigenvalue weighted by Gasteiger charge is 2.77. The molecule has 1 amide bonds. The Bertz CT molecular complexity index is 1260. The quantitative estimate of drug-likeness (QED) is 0.631. The van der Waals surface area contributed by atoms with E-state index in [9.17, 15) is 14.7 Å². The number of phenols is 1. The Morgan fingerprint density at radius 1 is 1.19 bits per heavy atom. The van der Waals surface area contributed by atoms with E-state index in [0.717, 1.165) is 42.1 Å². The molecule has 0 unspecified atom stereocenters. The average Bonchev–Trinajstić information content (AvgIpc) is 3.69. The number of fused-ring (bicyclic) bond motifs is 1. The third-order valence-corrected chi connectivity index (χ3v) is 9.85. The van der Waals surface area contributed by atoms with Gasteiger partial charge in [0, 0.05) is 36.5 Å². The summed E-state index contributed by atoms with van der Waals surface area (Å²) in [7, 11) is 1.55. The third-order valence-electron chi connectivity index (χ3n) is 9.85. The molecule has 2 aromatic rings. The zero-order valence-corrected chi connectivity index (χ0v) is 21.2. The lowest BCUT2D eigenvalue weighted by molar-refractivity contribution is -0.167. The van der Waals surface area contributed by atoms with Crippen LogP contribution in [0.5, 0.6) is 11.5 Å². The molecule has 7 heteroatoms. The van der Waals surface area contributed by atoms with E-state index in [-0.39, 0.29) is 23.5 Å². The Morgan fingerprint density at radius 2 is 2.00 bits per heavy atom. The number of ketones is 1. The average molecular weight is 503 g/mol. The predicted octanol–water partition coefficient (Wildman–Crippen LogP) is 3.11. The van der Waals surface area contributed by atoms with Gasteiger partial charge in [0.05, 0.1) is 18.6 Å². The Kier molecular flexibility index (Phi) is 5.21. The Balaban J connectivity index is 1.34. The summed E-state index contributed by atoms with van der Waals surface area (Å²) in [5.41, 5.74) is 1.40. The Morgan fingerprint density at radius 3 is 2.76 bits per heavy atom. The van der Waals surface area contributed by atoms with Crippen molar-refractivity contribution >= 4 is 11.7 Å². The zero-order chi connectivity index (χ0) is 25.4. The van der Waals surface area contributed by atoms with E-state index in [1.165, 1.54) is 12.8 Å². The molecular formula is C30H34N2O5. The maximum absolute atomic E-state index is 13.7. The van der Waals surface area contributed by atoms with Crippen LogP contribution in [-0.4, -0.2) is 59.6 Å². The number of nitrogens with one attached hydrogen (secondary N) is 1. The van der Waals surface area contributed by atoms with Gasteiger partial charge in [0.25, 0.3) is 0 Å². The normalized spacial score (nSPS) is 34.0. The van der Waals surface area contributed by atoms with E-state index in [1.54, 1.807) is 7.11 Å². The number of hydrogen-bond acceptors (Lipinski definition) is 6. The standard InChI is InChI=1S/C30H34N2O5/c1-36-22-10-9-20-15-23-30-12-11-21(33)25(27(37-30)28(35)31-16-18-5-3-2-4-6-18)29(30,24(20)26(22)34)13-14-32(23)17-19-7-8-19/h2-6,9-10,19,23,25,27,34H,7-8,11-17H2,1H3,(H,31,35)/t23-,25+,27-,29+,30-/m1/s1. The number of phenolic OH excluding ortho intramolecular Hbond substituents is 1.